The van der Waals surface area contributed by atoms with Crippen molar-refractivity contribution in [1.29, 1.82) is 0 Å². The molecular formula is C14H12FN3. The number of fused-ring (bicyclic) bond motifs is 1. The molecule has 1 unspecified atom stereocenters. The van der Waals surface area contributed by atoms with Crippen LogP contribution >= 0.6 is 0 Å². The number of hydrogen-bond donors (Lipinski definition) is 2. The monoisotopic (exact) mass is 241 g/mol. The molecule has 0 fully saturated rings. The van der Waals surface area contributed by atoms with Crippen LogP contribution in [0.4, 0.5) is 10.1 Å². The van der Waals surface area contributed by atoms with Crippen LogP contribution in [0.15, 0.2) is 48.5 Å². The molecule has 1 aromatic heterocycles. The van der Waals surface area contributed by atoms with Crippen molar-refractivity contribution in [3.63, 3.8) is 0 Å². The van der Waals surface area contributed by atoms with Gasteiger partial charge in [-0.05, 0) is 29.8 Å². The van der Waals surface area contributed by atoms with Crippen LogP contribution in [0.5, 0.6) is 0 Å². The summed E-state index contributed by atoms with van der Waals surface area (Å²) < 4.78 is 14.3. The van der Waals surface area contributed by atoms with E-state index in [-0.39, 0.29) is 0 Å². The number of nitrogens with two attached hydrogens (primary N) is 1. The van der Waals surface area contributed by atoms with Crippen molar-refractivity contribution in [2.24, 2.45) is 0 Å². The number of nitrogens with one attached hydrogen (secondary N) is 1. The van der Waals surface area contributed by atoms with E-state index in [1.165, 1.54) is 0 Å². The summed E-state index contributed by atoms with van der Waals surface area (Å²) in [6.45, 7) is 0. The summed E-state index contributed by atoms with van der Waals surface area (Å²) in [5, 5.41) is 0. The van der Waals surface area contributed by atoms with Crippen molar-refractivity contribution in [1.82, 2.24) is 9.97 Å². The van der Waals surface area contributed by atoms with Gasteiger partial charge in [-0.3, -0.25) is 0 Å². The van der Waals surface area contributed by atoms with E-state index in [2.05, 4.69) is 9.97 Å². The number of nitrogen functional groups attached to an aromatic ring is 1. The molecule has 18 heavy (non-hydrogen) atoms. The fourth-order valence-corrected chi connectivity index (χ4v) is 1.92. The molecule has 1 heterocycles. The molecular weight excluding hydrogens is 229 g/mol. The molecule has 2 aromatic carbocycles. The van der Waals surface area contributed by atoms with E-state index in [0.717, 1.165) is 11.0 Å². The number of H-pyrrole nitrogens is 1. The maximum absolute atomic E-state index is 14.3. The van der Waals surface area contributed by atoms with Gasteiger partial charge in [0, 0.05) is 5.69 Å². The van der Waals surface area contributed by atoms with Crippen molar-refractivity contribution < 1.29 is 4.39 Å². The minimum Gasteiger partial charge on any atom is -0.399 e. The van der Waals surface area contributed by atoms with Crippen LogP contribution in [0.1, 0.15) is 17.6 Å². The van der Waals surface area contributed by atoms with Gasteiger partial charge in [-0.15, -0.1) is 0 Å². The first-order chi connectivity index (χ1) is 8.74. The largest absolute Gasteiger partial charge is 0.399 e. The lowest BCUT2D eigenvalue weighted by Crippen LogP contribution is -1.97. The van der Waals surface area contributed by atoms with E-state index < -0.39 is 6.17 Å². The number of imidazole rings is 1. The molecule has 0 radical (unpaired) electrons. The second-order valence-electron chi connectivity index (χ2n) is 4.17. The molecule has 0 spiro atoms. The molecule has 0 bridgehead atoms. The van der Waals surface area contributed by atoms with Gasteiger partial charge in [0.1, 0.15) is 5.82 Å². The summed E-state index contributed by atoms with van der Waals surface area (Å²) >= 11 is 0. The molecule has 3 aromatic rings. The zero-order valence-corrected chi connectivity index (χ0v) is 9.60. The molecule has 0 aliphatic heterocycles. The summed E-state index contributed by atoms with van der Waals surface area (Å²) in [5.74, 6) is 0.320. The van der Waals surface area contributed by atoms with Crippen molar-refractivity contribution in [2.45, 2.75) is 6.17 Å². The standard InChI is InChI=1S/C14H12FN3/c15-13(9-5-7-10(16)8-6-9)14-17-11-3-1-2-4-12(11)18-14/h1-8,13H,16H2,(H,17,18). The summed E-state index contributed by atoms with van der Waals surface area (Å²) in [4.78, 5) is 7.24. The maximum Gasteiger partial charge on any atom is 0.183 e. The smallest absolute Gasteiger partial charge is 0.183 e. The molecule has 0 aliphatic carbocycles. The number of para-hydroxylation sites is 2. The predicted octanol–water partition coefficient (Wildman–Crippen LogP) is 3.20. The second kappa shape index (κ2) is 4.14. The number of aromatic nitrogens is 2. The number of halogens is 1. The van der Waals surface area contributed by atoms with Gasteiger partial charge in [0.15, 0.2) is 6.17 Å². The molecule has 3 N–H and O–H groups in total. The average Bonchev–Trinajstić information content (AvgIpc) is 2.82. The minimum absolute atomic E-state index is 0.320. The fourth-order valence-electron chi connectivity index (χ4n) is 1.92. The Morgan fingerprint density at radius 2 is 1.78 bits per heavy atom. The lowest BCUT2D eigenvalue weighted by molar-refractivity contribution is 0.387. The zero-order chi connectivity index (χ0) is 12.5. The normalized spacial score (nSPS) is 12.7. The van der Waals surface area contributed by atoms with E-state index in [0.29, 0.717) is 17.1 Å². The number of nitrogens with zero attached hydrogens (tertiary/aromatic N) is 1. The molecule has 4 heteroatoms. The fraction of sp³-hybridized carbons (Fsp3) is 0.0714. The zero-order valence-electron chi connectivity index (χ0n) is 9.60. The number of hydrogen-bond acceptors (Lipinski definition) is 2. The van der Waals surface area contributed by atoms with E-state index in [1.807, 2.05) is 24.3 Å². The Balaban J connectivity index is 2.00. The van der Waals surface area contributed by atoms with E-state index in [4.69, 9.17) is 5.73 Å². The third-order valence-corrected chi connectivity index (χ3v) is 2.88. The topological polar surface area (TPSA) is 54.7 Å². The molecule has 0 aliphatic rings. The second-order valence-corrected chi connectivity index (χ2v) is 4.17. The molecule has 90 valence electrons. The highest BCUT2D eigenvalue weighted by molar-refractivity contribution is 5.74. The first-order valence-electron chi connectivity index (χ1n) is 5.68. The average molecular weight is 241 g/mol. The number of anilines is 1. The Hall–Kier alpha value is -2.36. The summed E-state index contributed by atoms with van der Waals surface area (Å²) in [6.07, 6.45) is -1.27. The third kappa shape index (κ3) is 1.82. The van der Waals surface area contributed by atoms with Gasteiger partial charge < -0.3 is 10.7 Å². The van der Waals surface area contributed by atoms with Crippen molar-refractivity contribution >= 4 is 16.7 Å². The van der Waals surface area contributed by atoms with Crippen LogP contribution in [-0.2, 0) is 0 Å². The highest BCUT2D eigenvalue weighted by atomic mass is 19.1. The Morgan fingerprint density at radius 1 is 1.06 bits per heavy atom. The quantitative estimate of drug-likeness (QED) is 0.677. The SMILES string of the molecule is Nc1ccc(C(F)c2nc3ccccc3[nH]2)cc1. The van der Waals surface area contributed by atoms with Gasteiger partial charge in [0.25, 0.3) is 0 Å². The Bertz CT molecular complexity index is 640. The highest BCUT2D eigenvalue weighted by Crippen LogP contribution is 2.26. The van der Waals surface area contributed by atoms with Gasteiger partial charge in [0.2, 0.25) is 0 Å². The van der Waals surface area contributed by atoms with Crippen molar-refractivity contribution in [2.75, 3.05) is 5.73 Å². The number of aromatic amines is 1. The molecule has 0 saturated heterocycles. The van der Waals surface area contributed by atoms with E-state index in [1.54, 1.807) is 24.3 Å². The molecule has 0 amide bonds. The van der Waals surface area contributed by atoms with Gasteiger partial charge in [-0.1, -0.05) is 24.3 Å². The van der Waals surface area contributed by atoms with Gasteiger partial charge in [0.05, 0.1) is 11.0 Å². The van der Waals surface area contributed by atoms with Crippen LogP contribution in [0.2, 0.25) is 0 Å². The maximum atomic E-state index is 14.3. The van der Waals surface area contributed by atoms with Crippen molar-refractivity contribution in [3.05, 3.63) is 59.9 Å². The minimum atomic E-state index is -1.27. The van der Waals surface area contributed by atoms with Crippen LogP contribution in [-0.4, -0.2) is 9.97 Å². The Morgan fingerprint density at radius 3 is 2.50 bits per heavy atom. The van der Waals surface area contributed by atoms with Crippen LogP contribution < -0.4 is 5.73 Å². The lowest BCUT2D eigenvalue weighted by Gasteiger charge is -2.05. The van der Waals surface area contributed by atoms with Gasteiger partial charge >= 0.3 is 0 Å². The van der Waals surface area contributed by atoms with E-state index >= 15 is 0 Å². The molecule has 0 saturated carbocycles. The van der Waals surface area contributed by atoms with Crippen molar-refractivity contribution in [3.8, 4) is 0 Å². The number of alkyl halides is 1. The van der Waals surface area contributed by atoms with Crippen LogP contribution in [0.3, 0.4) is 0 Å². The van der Waals surface area contributed by atoms with Crippen LogP contribution in [0.25, 0.3) is 11.0 Å². The summed E-state index contributed by atoms with van der Waals surface area (Å²) in [6, 6.07) is 14.2. The summed E-state index contributed by atoms with van der Waals surface area (Å²) in [5.41, 5.74) is 8.35. The number of benzene rings is 2. The highest BCUT2D eigenvalue weighted by Gasteiger charge is 2.16. The number of rotatable bonds is 2. The summed E-state index contributed by atoms with van der Waals surface area (Å²) in [7, 11) is 0. The van der Waals surface area contributed by atoms with Gasteiger partial charge in [-0.2, -0.15) is 0 Å². The van der Waals surface area contributed by atoms with Crippen LogP contribution in [0, 0.1) is 0 Å². The molecule has 1 atom stereocenters. The first-order valence-corrected chi connectivity index (χ1v) is 5.68. The Labute approximate surface area is 103 Å². The lowest BCUT2D eigenvalue weighted by atomic mass is 10.1. The van der Waals surface area contributed by atoms with Gasteiger partial charge in [-0.25, -0.2) is 9.37 Å². The molecule has 3 rings (SSSR count). The first kappa shape index (κ1) is 10.8. The third-order valence-electron chi connectivity index (χ3n) is 2.88. The Kier molecular flexibility index (Phi) is 2.48. The van der Waals surface area contributed by atoms with E-state index in [9.17, 15) is 4.39 Å². The molecule has 3 nitrogen and oxygen atoms in total. The predicted molar refractivity (Wildman–Crippen MR) is 69.9 cm³/mol.